The normalized spacial score (nSPS) is 11.3. The molecule has 0 aliphatic rings. The predicted octanol–water partition coefficient (Wildman–Crippen LogP) is 1.17. The van der Waals surface area contributed by atoms with Gasteiger partial charge in [0.1, 0.15) is 5.56 Å². The Morgan fingerprint density at radius 2 is 1.83 bits per heavy atom. The molecule has 0 spiro atoms. The van der Waals surface area contributed by atoms with Crippen molar-refractivity contribution in [1.29, 1.82) is 0 Å². The number of aryl methyl sites for hydroxylation is 1. The summed E-state index contributed by atoms with van der Waals surface area (Å²) in [7, 11) is -1.62. The molecule has 0 aliphatic carbocycles. The summed E-state index contributed by atoms with van der Waals surface area (Å²) in [6, 6.07) is 5.47. The Morgan fingerprint density at radius 3 is 2.30 bits per heavy atom. The number of benzene rings is 1. The second-order valence-corrected chi connectivity index (χ2v) is 7.08. The molecule has 8 heteroatoms. The Bertz CT molecular complexity index is 850. The molecule has 0 saturated carbocycles. The number of carbonyl (C=O) groups excluding carboxylic acids is 2. The molecule has 1 heterocycles. The molecule has 0 bridgehead atoms. The van der Waals surface area contributed by atoms with E-state index >= 15 is 0 Å². The Labute approximate surface area is 133 Å². The maximum atomic E-state index is 12.0. The first-order valence-corrected chi connectivity index (χ1v) is 8.58. The van der Waals surface area contributed by atoms with Crippen LogP contribution in [0.15, 0.2) is 35.4 Å². The molecular formula is C15H16N2O5S. The van der Waals surface area contributed by atoms with Crippen molar-refractivity contribution >= 4 is 21.6 Å². The summed E-state index contributed by atoms with van der Waals surface area (Å²) in [5, 5.41) is 3.93. The lowest BCUT2D eigenvalue weighted by atomic mass is 10.1. The highest BCUT2D eigenvalue weighted by atomic mass is 32.2. The van der Waals surface area contributed by atoms with Crippen LogP contribution >= 0.6 is 0 Å². The molecule has 0 amide bonds. The van der Waals surface area contributed by atoms with Crippen molar-refractivity contribution in [2.45, 2.75) is 11.8 Å². The van der Waals surface area contributed by atoms with Gasteiger partial charge in [-0.1, -0.05) is 0 Å². The lowest BCUT2D eigenvalue weighted by Crippen LogP contribution is -2.15. The summed E-state index contributed by atoms with van der Waals surface area (Å²) in [5.74, 6) is -1.04. The third-order valence-corrected chi connectivity index (χ3v) is 4.52. The maximum absolute atomic E-state index is 12.0. The van der Waals surface area contributed by atoms with E-state index in [0.29, 0.717) is 11.3 Å². The molecule has 7 nitrogen and oxygen atoms in total. The Hall–Kier alpha value is -2.48. The third-order valence-electron chi connectivity index (χ3n) is 3.39. The van der Waals surface area contributed by atoms with Gasteiger partial charge in [0.25, 0.3) is 0 Å². The van der Waals surface area contributed by atoms with Gasteiger partial charge in [-0.25, -0.2) is 13.2 Å². The van der Waals surface area contributed by atoms with Crippen molar-refractivity contribution in [3.8, 4) is 0 Å². The minimum Gasteiger partial charge on any atom is -0.454 e. The Kier molecular flexibility index (Phi) is 4.65. The molecule has 2 rings (SSSR count). The zero-order valence-corrected chi connectivity index (χ0v) is 13.8. The van der Waals surface area contributed by atoms with Gasteiger partial charge in [-0.05, 0) is 31.2 Å². The SMILES string of the molecule is Cc1c(C(=O)OCC(=O)c2ccc(S(C)(=O)=O)cc2)cnn1C. The minimum atomic E-state index is -3.32. The van der Waals surface area contributed by atoms with Crippen LogP contribution in [0.4, 0.5) is 0 Å². The number of Topliss-reactive ketones (excluding diaryl/α,β-unsaturated/α-hetero) is 1. The molecule has 0 fully saturated rings. The van der Waals surface area contributed by atoms with Crippen molar-refractivity contribution in [1.82, 2.24) is 9.78 Å². The molecule has 2 aromatic rings. The van der Waals surface area contributed by atoms with E-state index in [0.717, 1.165) is 6.26 Å². The van der Waals surface area contributed by atoms with Crippen LogP contribution in [0.5, 0.6) is 0 Å². The average Bonchev–Trinajstić information content (AvgIpc) is 2.83. The molecule has 0 aliphatic heterocycles. The first-order chi connectivity index (χ1) is 10.7. The fraction of sp³-hybridized carbons (Fsp3) is 0.267. The van der Waals surface area contributed by atoms with Crippen LogP contribution in [0.2, 0.25) is 0 Å². The second-order valence-electron chi connectivity index (χ2n) is 5.06. The van der Waals surface area contributed by atoms with Crippen LogP contribution < -0.4 is 0 Å². The van der Waals surface area contributed by atoms with E-state index in [1.165, 1.54) is 35.1 Å². The van der Waals surface area contributed by atoms with Crippen molar-refractivity contribution in [3.63, 3.8) is 0 Å². The van der Waals surface area contributed by atoms with E-state index in [2.05, 4.69) is 5.10 Å². The standard InChI is InChI=1S/C15H16N2O5S/c1-10-13(8-16-17(10)2)15(19)22-9-14(18)11-4-6-12(7-5-11)23(3,20)21/h4-8H,9H2,1-3H3. The first-order valence-electron chi connectivity index (χ1n) is 6.69. The molecule has 0 unspecified atom stereocenters. The van der Waals surface area contributed by atoms with Gasteiger partial charge >= 0.3 is 5.97 Å². The van der Waals surface area contributed by atoms with Gasteiger partial charge in [0, 0.05) is 24.6 Å². The smallest absolute Gasteiger partial charge is 0.342 e. The number of esters is 1. The third kappa shape index (κ3) is 3.84. The molecule has 122 valence electrons. The van der Waals surface area contributed by atoms with Crippen LogP contribution in [0, 0.1) is 6.92 Å². The minimum absolute atomic E-state index is 0.122. The second kappa shape index (κ2) is 6.33. The predicted molar refractivity (Wildman–Crippen MR) is 82.1 cm³/mol. The highest BCUT2D eigenvalue weighted by Gasteiger charge is 2.17. The van der Waals surface area contributed by atoms with E-state index < -0.39 is 28.2 Å². The fourth-order valence-electron chi connectivity index (χ4n) is 1.88. The van der Waals surface area contributed by atoms with Gasteiger partial charge in [-0.15, -0.1) is 0 Å². The number of aromatic nitrogens is 2. The van der Waals surface area contributed by atoms with E-state index in [1.807, 2.05) is 0 Å². The number of nitrogens with zero attached hydrogens (tertiary/aromatic N) is 2. The first kappa shape index (κ1) is 16.9. The number of ketones is 1. The molecular weight excluding hydrogens is 320 g/mol. The van der Waals surface area contributed by atoms with Crippen LogP contribution in [0.3, 0.4) is 0 Å². The lowest BCUT2D eigenvalue weighted by Gasteiger charge is -2.05. The van der Waals surface area contributed by atoms with Crippen LogP contribution in [0.25, 0.3) is 0 Å². The van der Waals surface area contributed by atoms with Crippen molar-refractivity contribution < 1.29 is 22.7 Å². The number of carbonyl (C=O) groups is 2. The van der Waals surface area contributed by atoms with Gasteiger partial charge in [0.15, 0.2) is 22.2 Å². The summed E-state index contributed by atoms with van der Waals surface area (Å²) in [4.78, 5) is 24.0. The zero-order chi connectivity index (χ0) is 17.2. The number of sulfone groups is 1. The van der Waals surface area contributed by atoms with Crippen LogP contribution in [-0.2, 0) is 21.6 Å². The lowest BCUT2D eigenvalue weighted by molar-refractivity contribution is 0.0474. The quantitative estimate of drug-likeness (QED) is 0.601. The maximum Gasteiger partial charge on any atom is 0.342 e. The molecule has 0 radical (unpaired) electrons. The van der Waals surface area contributed by atoms with E-state index in [-0.39, 0.29) is 10.5 Å². The number of rotatable bonds is 5. The molecule has 23 heavy (non-hydrogen) atoms. The highest BCUT2D eigenvalue weighted by Crippen LogP contribution is 2.12. The van der Waals surface area contributed by atoms with Gasteiger partial charge in [0.05, 0.1) is 11.1 Å². The summed E-state index contributed by atoms with van der Waals surface area (Å²) in [6.07, 6.45) is 2.46. The monoisotopic (exact) mass is 336 g/mol. The van der Waals surface area contributed by atoms with Crippen molar-refractivity contribution in [3.05, 3.63) is 47.3 Å². The molecule has 1 aromatic carbocycles. The Morgan fingerprint density at radius 1 is 1.22 bits per heavy atom. The summed E-state index contributed by atoms with van der Waals surface area (Å²) >= 11 is 0. The van der Waals surface area contributed by atoms with Crippen LogP contribution in [-0.4, -0.2) is 42.8 Å². The molecule has 0 saturated heterocycles. The van der Waals surface area contributed by atoms with Gasteiger partial charge in [-0.2, -0.15) is 5.10 Å². The summed E-state index contributed by atoms with van der Waals surface area (Å²) in [6.45, 7) is 1.29. The molecule has 0 N–H and O–H groups in total. The average molecular weight is 336 g/mol. The zero-order valence-electron chi connectivity index (χ0n) is 12.9. The van der Waals surface area contributed by atoms with E-state index in [1.54, 1.807) is 14.0 Å². The number of hydrogen-bond donors (Lipinski definition) is 0. The highest BCUT2D eigenvalue weighted by molar-refractivity contribution is 7.90. The van der Waals surface area contributed by atoms with E-state index in [9.17, 15) is 18.0 Å². The van der Waals surface area contributed by atoms with Gasteiger partial charge < -0.3 is 4.74 Å². The summed E-state index contributed by atoms with van der Waals surface area (Å²) < 4.78 is 29.2. The van der Waals surface area contributed by atoms with E-state index in [4.69, 9.17) is 4.74 Å². The topological polar surface area (TPSA) is 95.3 Å². The molecule has 1 aromatic heterocycles. The Balaban J connectivity index is 2.02. The van der Waals surface area contributed by atoms with Crippen molar-refractivity contribution in [2.24, 2.45) is 7.05 Å². The molecule has 0 atom stereocenters. The largest absolute Gasteiger partial charge is 0.454 e. The summed E-state index contributed by atoms with van der Waals surface area (Å²) in [5.41, 5.74) is 1.21. The fourth-order valence-corrected chi connectivity index (χ4v) is 2.51. The number of hydrogen-bond acceptors (Lipinski definition) is 6. The van der Waals surface area contributed by atoms with Crippen LogP contribution in [0.1, 0.15) is 26.4 Å². The van der Waals surface area contributed by atoms with Crippen molar-refractivity contribution in [2.75, 3.05) is 12.9 Å². The van der Waals surface area contributed by atoms with Gasteiger partial charge in [0.2, 0.25) is 0 Å². The number of ether oxygens (including phenoxy) is 1. The van der Waals surface area contributed by atoms with Gasteiger partial charge in [-0.3, -0.25) is 9.48 Å².